The van der Waals surface area contributed by atoms with Crippen molar-refractivity contribution in [2.45, 2.75) is 18.6 Å². The highest BCUT2D eigenvalue weighted by atomic mass is 32.2. The van der Waals surface area contributed by atoms with Gasteiger partial charge in [-0.05, 0) is 30.7 Å². The molecule has 3 rings (SSSR count). The van der Waals surface area contributed by atoms with Crippen LogP contribution in [0, 0.1) is 6.92 Å². The average Bonchev–Trinajstić information content (AvgIpc) is 3.11. The van der Waals surface area contributed by atoms with Crippen molar-refractivity contribution in [2.24, 2.45) is 0 Å². The van der Waals surface area contributed by atoms with E-state index in [0.717, 1.165) is 11.1 Å². The van der Waals surface area contributed by atoms with E-state index in [1.165, 1.54) is 22.0 Å². The Labute approximate surface area is 173 Å². The number of hydrogen-bond acceptors (Lipinski definition) is 7. The van der Waals surface area contributed by atoms with Crippen molar-refractivity contribution in [1.29, 1.82) is 0 Å². The van der Waals surface area contributed by atoms with Crippen molar-refractivity contribution in [2.75, 3.05) is 25.8 Å². The van der Waals surface area contributed by atoms with E-state index in [0.29, 0.717) is 29.0 Å². The normalized spacial score (nSPS) is 10.6. The van der Waals surface area contributed by atoms with Crippen LogP contribution >= 0.6 is 11.8 Å². The third kappa shape index (κ3) is 5.00. The van der Waals surface area contributed by atoms with E-state index < -0.39 is 0 Å². The number of methoxy groups -OCH3 is 2. The number of amides is 1. The predicted octanol–water partition coefficient (Wildman–Crippen LogP) is 2.39. The first-order valence-electron chi connectivity index (χ1n) is 8.89. The third-order valence-corrected chi connectivity index (χ3v) is 5.19. The second-order valence-corrected chi connectivity index (χ2v) is 7.24. The Bertz CT molecular complexity index is 988. The van der Waals surface area contributed by atoms with Crippen molar-refractivity contribution in [3.63, 3.8) is 0 Å². The highest BCUT2D eigenvalue weighted by molar-refractivity contribution is 7.99. The topological polar surface area (TPSA) is 104 Å². The molecule has 1 heterocycles. The molecule has 3 N–H and O–H groups in total. The Kier molecular flexibility index (Phi) is 6.61. The third-order valence-electron chi connectivity index (χ3n) is 4.25. The quantitative estimate of drug-likeness (QED) is 0.432. The Morgan fingerprint density at radius 1 is 1.10 bits per heavy atom. The van der Waals surface area contributed by atoms with Gasteiger partial charge in [0.2, 0.25) is 11.1 Å². The van der Waals surface area contributed by atoms with Crippen LogP contribution in [0.25, 0.3) is 11.4 Å². The lowest BCUT2D eigenvalue weighted by atomic mass is 10.1. The zero-order valence-electron chi connectivity index (χ0n) is 16.5. The van der Waals surface area contributed by atoms with Crippen LogP contribution in [0.3, 0.4) is 0 Å². The summed E-state index contributed by atoms with van der Waals surface area (Å²) in [6.45, 7) is 2.50. The molecule has 0 atom stereocenters. The number of nitrogens with zero attached hydrogens (tertiary/aromatic N) is 3. The number of ether oxygens (including phenoxy) is 2. The standard InChI is InChI=1S/C20H23N5O3S/c1-13-4-6-14(7-5-13)11-22-18(26)12-29-20-24-23-19(25(20)21)15-8-9-16(27-2)17(10-15)28-3/h4-10H,11-12,21H2,1-3H3,(H,22,26). The molecule has 8 nitrogen and oxygen atoms in total. The number of nitrogens with one attached hydrogen (secondary N) is 1. The molecule has 2 aromatic carbocycles. The van der Waals surface area contributed by atoms with Gasteiger partial charge in [-0.25, -0.2) is 4.68 Å². The summed E-state index contributed by atoms with van der Waals surface area (Å²) in [7, 11) is 3.13. The SMILES string of the molecule is COc1ccc(-c2nnc(SCC(=O)NCc3ccc(C)cc3)n2N)cc1OC. The molecule has 0 aliphatic rings. The van der Waals surface area contributed by atoms with Gasteiger partial charge < -0.3 is 20.6 Å². The van der Waals surface area contributed by atoms with Gasteiger partial charge >= 0.3 is 0 Å². The zero-order valence-corrected chi connectivity index (χ0v) is 17.3. The lowest BCUT2D eigenvalue weighted by Gasteiger charge is -2.09. The Hall–Kier alpha value is -3.20. The van der Waals surface area contributed by atoms with Crippen molar-refractivity contribution in [1.82, 2.24) is 20.2 Å². The summed E-state index contributed by atoms with van der Waals surface area (Å²) >= 11 is 1.22. The fourth-order valence-electron chi connectivity index (χ4n) is 2.64. The molecule has 0 radical (unpaired) electrons. The molecular weight excluding hydrogens is 390 g/mol. The average molecular weight is 414 g/mol. The molecule has 1 amide bonds. The summed E-state index contributed by atoms with van der Waals surface area (Å²) in [4.78, 5) is 12.1. The summed E-state index contributed by atoms with van der Waals surface area (Å²) in [6, 6.07) is 13.4. The molecule has 29 heavy (non-hydrogen) atoms. The number of nitrogen functional groups attached to an aromatic ring is 1. The minimum Gasteiger partial charge on any atom is -0.493 e. The van der Waals surface area contributed by atoms with Crippen molar-refractivity contribution >= 4 is 17.7 Å². The monoisotopic (exact) mass is 413 g/mol. The van der Waals surface area contributed by atoms with Crippen molar-refractivity contribution in [3.05, 3.63) is 53.6 Å². The molecule has 0 bridgehead atoms. The molecule has 0 saturated carbocycles. The number of thioether (sulfide) groups is 1. The molecule has 1 aromatic heterocycles. The fourth-order valence-corrected chi connectivity index (χ4v) is 3.32. The van der Waals surface area contributed by atoms with E-state index in [4.69, 9.17) is 15.3 Å². The van der Waals surface area contributed by atoms with Crippen molar-refractivity contribution < 1.29 is 14.3 Å². The van der Waals surface area contributed by atoms with E-state index in [-0.39, 0.29) is 11.7 Å². The van der Waals surface area contributed by atoms with Gasteiger partial charge in [-0.1, -0.05) is 41.6 Å². The lowest BCUT2D eigenvalue weighted by Crippen LogP contribution is -2.25. The fraction of sp³-hybridized carbons (Fsp3) is 0.250. The van der Waals surface area contributed by atoms with E-state index in [2.05, 4.69) is 15.5 Å². The number of carbonyl (C=O) groups excluding carboxylic acids is 1. The number of nitrogens with two attached hydrogens (primary N) is 1. The van der Waals surface area contributed by atoms with Gasteiger partial charge in [0.25, 0.3) is 0 Å². The summed E-state index contributed by atoms with van der Waals surface area (Å²) in [5.74, 6) is 7.86. The summed E-state index contributed by atoms with van der Waals surface area (Å²) < 4.78 is 11.9. The largest absolute Gasteiger partial charge is 0.493 e. The van der Waals surface area contributed by atoms with Crippen LogP contribution in [0.15, 0.2) is 47.6 Å². The predicted molar refractivity (Wildman–Crippen MR) is 112 cm³/mol. The maximum absolute atomic E-state index is 12.1. The highest BCUT2D eigenvalue weighted by Crippen LogP contribution is 2.32. The summed E-state index contributed by atoms with van der Waals surface area (Å²) in [6.07, 6.45) is 0. The second-order valence-electron chi connectivity index (χ2n) is 6.30. The lowest BCUT2D eigenvalue weighted by molar-refractivity contribution is -0.118. The first kappa shape index (κ1) is 20.5. The van der Waals surface area contributed by atoms with Gasteiger partial charge in [0.15, 0.2) is 17.3 Å². The molecule has 0 saturated heterocycles. The maximum atomic E-state index is 12.1. The Balaban J connectivity index is 1.61. The van der Waals surface area contributed by atoms with Gasteiger partial charge in [0.05, 0.1) is 20.0 Å². The molecule has 9 heteroatoms. The van der Waals surface area contributed by atoms with Crippen LogP contribution in [0.4, 0.5) is 0 Å². The van der Waals surface area contributed by atoms with Gasteiger partial charge in [-0.2, -0.15) is 0 Å². The molecule has 3 aromatic rings. The maximum Gasteiger partial charge on any atom is 0.230 e. The van der Waals surface area contributed by atoms with E-state index in [1.54, 1.807) is 26.4 Å². The van der Waals surface area contributed by atoms with Gasteiger partial charge in [0, 0.05) is 12.1 Å². The molecular formula is C20H23N5O3S. The smallest absolute Gasteiger partial charge is 0.230 e. The van der Waals surface area contributed by atoms with Gasteiger partial charge in [-0.15, -0.1) is 10.2 Å². The van der Waals surface area contributed by atoms with Crippen LogP contribution < -0.4 is 20.6 Å². The van der Waals surface area contributed by atoms with E-state index in [1.807, 2.05) is 37.3 Å². The molecule has 0 spiro atoms. The molecule has 152 valence electrons. The second kappa shape index (κ2) is 9.33. The van der Waals surface area contributed by atoms with Crippen LogP contribution in [0.1, 0.15) is 11.1 Å². The molecule has 0 aliphatic heterocycles. The highest BCUT2D eigenvalue weighted by Gasteiger charge is 2.15. The Morgan fingerprint density at radius 2 is 1.83 bits per heavy atom. The number of carbonyl (C=O) groups is 1. The van der Waals surface area contributed by atoms with Gasteiger partial charge in [-0.3, -0.25) is 4.79 Å². The molecule has 0 unspecified atom stereocenters. The number of rotatable bonds is 8. The van der Waals surface area contributed by atoms with E-state index >= 15 is 0 Å². The van der Waals surface area contributed by atoms with Crippen LogP contribution in [0.5, 0.6) is 11.5 Å². The zero-order chi connectivity index (χ0) is 20.8. The first-order chi connectivity index (χ1) is 14.0. The molecule has 0 fully saturated rings. The Morgan fingerprint density at radius 3 is 2.52 bits per heavy atom. The summed E-state index contributed by atoms with van der Waals surface area (Å²) in [5, 5.41) is 11.6. The van der Waals surface area contributed by atoms with E-state index in [9.17, 15) is 4.79 Å². The summed E-state index contributed by atoms with van der Waals surface area (Å²) in [5.41, 5.74) is 2.96. The van der Waals surface area contributed by atoms with Crippen LogP contribution in [0.2, 0.25) is 0 Å². The molecule has 0 aliphatic carbocycles. The number of aryl methyl sites for hydroxylation is 1. The van der Waals surface area contributed by atoms with Crippen LogP contribution in [-0.4, -0.2) is 40.8 Å². The minimum atomic E-state index is -0.105. The van der Waals surface area contributed by atoms with Crippen molar-refractivity contribution in [3.8, 4) is 22.9 Å². The number of hydrogen-bond donors (Lipinski definition) is 2. The van der Waals surface area contributed by atoms with Crippen LogP contribution in [-0.2, 0) is 11.3 Å². The number of aromatic nitrogens is 3. The minimum absolute atomic E-state index is 0.105. The first-order valence-corrected chi connectivity index (χ1v) is 9.88. The number of benzene rings is 2. The van der Waals surface area contributed by atoms with Gasteiger partial charge in [0.1, 0.15) is 0 Å².